The second kappa shape index (κ2) is 2.99. The maximum absolute atomic E-state index is 8.90. The zero-order valence-electron chi connectivity index (χ0n) is 2.68. The third kappa shape index (κ3) is 89.4. The molecule has 32 valence electrons. The van der Waals surface area contributed by atoms with Crippen LogP contribution in [0.4, 0.5) is 0 Å². The van der Waals surface area contributed by atoms with Gasteiger partial charge < -0.3 is 14.4 Å². The van der Waals surface area contributed by atoms with Crippen molar-refractivity contribution in [2.24, 2.45) is 0 Å². The molecule has 0 atom stereocenters. The average Bonchev–Trinajstić information content (AvgIpc) is 0.722. The zero-order valence-corrected chi connectivity index (χ0v) is 5.59. The van der Waals surface area contributed by atoms with Crippen molar-refractivity contribution in [3.8, 4) is 0 Å². The van der Waals surface area contributed by atoms with Gasteiger partial charge in [-0.2, -0.15) is 8.11 Å². The van der Waals surface area contributed by atoms with Crippen LogP contribution in [-0.2, 0) is 0 Å². The summed E-state index contributed by atoms with van der Waals surface area (Å²) in [6.45, 7) is 0. The minimum Gasteiger partial charge on any atom is -0.870 e. The van der Waals surface area contributed by atoms with Crippen LogP contribution < -0.4 is 14.4 Å². The van der Waals surface area contributed by atoms with Gasteiger partial charge >= 0.3 is 17.4 Å². The van der Waals surface area contributed by atoms with E-state index in [1.807, 2.05) is 0 Å². The van der Waals surface area contributed by atoms with Gasteiger partial charge in [0.15, 0.2) is 0 Å². The Hall–Kier alpha value is 0.919. The van der Waals surface area contributed by atoms with Gasteiger partial charge in [0.1, 0.15) is 0 Å². The maximum atomic E-state index is 8.90. The van der Waals surface area contributed by atoms with E-state index in [2.05, 4.69) is 11.1 Å². The fourth-order valence-corrected chi connectivity index (χ4v) is 0. The fourth-order valence-electron chi connectivity index (χ4n) is 0. The van der Waals surface area contributed by atoms with Gasteiger partial charge in [-0.3, -0.25) is 0 Å². The van der Waals surface area contributed by atoms with Crippen LogP contribution in [-0.4, -0.2) is 25.5 Å². The number of hydrogen-bond donors (Lipinski definition) is 0. The van der Waals surface area contributed by atoms with Crippen molar-refractivity contribution >= 4 is 36.6 Å². The smallest absolute Gasteiger partial charge is 0.870 e. The summed E-state index contributed by atoms with van der Waals surface area (Å²) in [6, 6.07) is 0. The minimum atomic E-state index is -4.89. The van der Waals surface area contributed by atoms with E-state index in [-0.39, 0.29) is 17.4 Å². The van der Waals surface area contributed by atoms with E-state index in [0.29, 0.717) is 0 Å². The van der Waals surface area contributed by atoms with Crippen molar-refractivity contribution in [2.45, 2.75) is 0 Å². The molecule has 0 N–H and O–H groups in total. The molecule has 0 heterocycles. The maximum Gasteiger partial charge on any atom is 3.00 e. The summed E-state index contributed by atoms with van der Waals surface area (Å²) in [4.78, 5) is 26.7. The van der Waals surface area contributed by atoms with E-state index in [9.17, 15) is 0 Å². The summed E-state index contributed by atoms with van der Waals surface area (Å²) in [5.74, 6) is 0. The normalized spacial score (nSPS) is 10.0. The van der Waals surface area contributed by atoms with Crippen molar-refractivity contribution < 1.29 is 14.4 Å². The molecule has 0 aliphatic carbocycles. The number of rotatable bonds is 0. The molecule has 0 radical (unpaired) electrons. The monoisotopic (exact) mass is 138 g/mol. The van der Waals surface area contributed by atoms with Crippen LogP contribution in [0.1, 0.15) is 0 Å². The Bertz CT molecular complexity index is 26.3. The molecule has 0 saturated heterocycles. The molecule has 0 rings (SSSR count). The Labute approximate surface area is 51.4 Å². The summed E-state index contributed by atoms with van der Waals surface area (Å²) in [7, 11) is -4.89. The SMILES string of the molecule is [Al+3].[O-][Si]([O-])([O-])Cl. The van der Waals surface area contributed by atoms with Gasteiger partial charge in [0.25, 0.3) is 0 Å². The van der Waals surface area contributed by atoms with E-state index in [0.717, 1.165) is 0 Å². The van der Waals surface area contributed by atoms with Gasteiger partial charge in [0, 0.05) is 0 Å². The van der Waals surface area contributed by atoms with Gasteiger partial charge in [0.05, 0.1) is 0 Å². The molecule has 0 amide bonds. The Balaban J connectivity index is 0. The molecule has 0 aromatic carbocycles. The van der Waals surface area contributed by atoms with Crippen molar-refractivity contribution in [1.82, 2.24) is 0 Å². The molecular weight excluding hydrogens is 139 g/mol. The van der Waals surface area contributed by atoms with Crippen molar-refractivity contribution in [1.29, 1.82) is 0 Å². The van der Waals surface area contributed by atoms with Crippen molar-refractivity contribution in [3.63, 3.8) is 0 Å². The first-order valence-electron chi connectivity index (χ1n) is 0.801. The van der Waals surface area contributed by atoms with Gasteiger partial charge in [0.2, 0.25) is 0 Å². The Kier molecular flexibility index (Phi) is 5.00. The van der Waals surface area contributed by atoms with Crippen LogP contribution in [0.5, 0.6) is 0 Å². The molecule has 0 aromatic heterocycles. The summed E-state index contributed by atoms with van der Waals surface area (Å²) in [6.07, 6.45) is 0. The molecule has 0 saturated carbocycles. The topological polar surface area (TPSA) is 69.2 Å². The van der Waals surface area contributed by atoms with Gasteiger partial charge in [-0.15, -0.1) is 0 Å². The van der Waals surface area contributed by atoms with Gasteiger partial charge in [-0.1, -0.05) is 0 Å². The largest absolute Gasteiger partial charge is 3.00 e. The Morgan fingerprint density at radius 1 is 1.17 bits per heavy atom. The fraction of sp³-hybridized carbons (Fsp3) is 0. The third-order valence-electron chi connectivity index (χ3n) is 0. The van der Waals surface area contributed by atoms with Crippen LogP contribution in [0, 0.1) is 0 Å². The van der Waals surface area contributed by atoms with E-state index < -0.39 is 8.11 Å². The molecule has 0 unspecified atom stereocenters. The molecule has 6 heavy (non-hydrogen) atoms. The van der Waals surface area contributed by atoms with Crippen LogP contribution in [0.2, 0.25) is 0 Å². The summed E-state index contributed by atoms with van der Waals surface area (Å²) >= 11 is 4.00. The second-order valence-corrected chi connectivity index (χ2v) is 2.83. The summed E-state index contributed by atoms with van der Waals surface area (Å²) < 4.78 is 0. The molecule has 0 bridgehead atoms. The molecule has 0 aromatic rings. The van der Waals surface area contributed by atoms with Gasteiger partial charge in [-0.25, -0.2) is 11.1 Å². The predicted molar refractivity (Wildman–Crippen MR) is 17.4 cm³/mol. The van der Waals surface area contributed by atoms with Crippen LogP contribution in [0.3, 0.4) is 0 Å². The van der Waals surface area contributed by atoms with Crippen LogP contribution >= 0.6 is 11.1 Å². The van der Waals surface area contributed by atoms with Crippen molar-refractivity contribution in [3.05, 3.63) is 0 Å². The Morgan fingerprint density at radius 2 is 1.17 bits per heavy atom. The third-order valence-corrected chi connectivity index (χ3v) is 0. The summed E-state index contributed by atoms with van der Waals surface area (Å²) in [5, 5.41) is 0. The molecule has 3 nitrogen and oxygen atoms in total. The molecule has 0 aliphatic rings. The molecule has 0 aliphatic heterocycles. The first-order valence-corrected chi connectivity index (χ1v) is 3.54. The molecule has 0 spiro atoms. The molecule has 6 heteroatoms. The first-order chi connectivity index (χ1) is 2.00. The standard InChI is InChI=1S/Al.ClO3Si/c;1-5(2,3)4/q+3;-3. The Morgan fingerprint density at radius 3 is 1.17 bits per heavy atom. The number of halogens is 1. The van der Waals surface area contributed by atoms with E-state index in [1.54, 1.807) is 0 Å². The van der Waals surface area contributed by atoms with E-state index in [4.69, 9.17) is 14.4 Å². The predicted octanol–water partition coefficient (Wildman–Crippen LogP) is -3.64. The van der Waals surface area contributed by atoms with Crippen molar-refractivity contribution in [2.75, 3.05) is 0 Å². The number of hydrogen-bond acceptors (Lipinski definition) is 3. The molecule has 0 fully saturated rings. The van der Waals surface area contributed by atoms with E-state index >= 15 is 0 Å². The average molecular weight is 139 g/mol. The van der Waals surface area contributed by atoms with E-state index in [1.165, 1.54) is 0 Å². The van der Waals surface area contributed by atoms with Gasteiger partial charge in [-0.05, 0) is 0 Å². The second-order valence-electron chi connectivity index (χ2n) is 0.481. The quantitative estimate of drug-likeness (QED) is 0.256. The first kappa shape index (κ1) is 10.0. The zero-order chi connectivity index (χ0) is 4.50. The van der Waals surface area contributed by atoms with Crippen LogP contribution in [0.25, 0.3) is 0 Å². The van der Waals surface area contributed by atoms with Crippen LogP contribution in [0.15, 0.2) is 0 Å². The summed E-state index contributed by atoms with van der Waals surface area (Å²) in [5.41, 5.74) is 0. The molecular formula is AlClO3Si. The minimum absolute atomic E-state index is 0.